The van der Waals surface area contributed by atoms with Gasteiger partial charge < -0.3 is 0 Å². The summed E-state index contributed by atoms with van der Waals surface area (Å²) < 4.78 is 53.0. The van der Waals surface area contributed by atoms with Crippen LogP contribution in [0, 0.1) is 23.3 Å². The minimum atomic E-state index is -1.03. The van der Waals surface area contributed by atoms with Crippen LogP contribution in [0.4, 0.5) is 17.6 Å². The number of carbonyl (C=O) groups excluding carboxylic acids is 1. The second-order valence-electron chi connectivity index (χ2n) is 3.93. The van der Waals surface area contributed by atoms with Crippen LogP contribution in [-0.2, 0) is 6.42 Å². The van der Waals surface area contributed by atoms with E-state index in [0.29, 0.717) is 0 Å². The Labute approximate surface area is 106 Å². The van der Waals surface area contributed by atoms with Crippen molar-refractivity contribution in [1.29, 1.82) is 0 Å². The molecule has 0 amide bonds. The van der Waals surface area contributed by atoms with Gasteiger partial charge in [-0.3, -0.25) is 4.79 Å². The topological polar surface area (TPSA) is 17.1 Å². The van der Waals surface area contributed by atoms with Crippen LogP contribution in [0.25, 0.3) is 0 Å². The summed E-state index contributed by atoms with van der Waals surface area (Å²) in [5, 5.41) is 0. The third kappa shape index (κ3) is 2.81. The van der Waals surface area contributed by atoms with Crippen LogP contribution in [-0.4, -0.2) is 5.78 Å². The predicted octanol–water partition coefficient (Wildman–Crippen LogP) is 3.67. The molecule has 2 aromatic rings. The molecule has 0 N–H and O–H groups in total. The second kappa shape index (κ2) is 5.22. The summed E-state index contributed by atoms with van der Waals surface area (Å²) in [4.78, 5) is 11.8. The molecule has 0 aromatic heterocycles. The molecule has 5 heteroatoms. The molecule has 19 heavy (non-hydrogen) atoms. The van der Waals surface area contributed by atoms with E-state index >= 15 is 0 Å². The van der Waals surface area contributed by atoms with Crippen LogP contribution < -0.4 is 0 Å². The SMILES string of the molecule is O=C(Cc1cc(F)ccc1F)c1c(F)cccc1F. The smallest absolute Gasteiger partial charge is 0.173 e. The van der Waals surface area contributed by atoms with Crippen molar-refractivity contribution in [3.05, 3.63) is 70.8 Å². The fraction of sp³-hybridized carbons (Fsp3) is 0.0714. The summed E-state index contributed by atoms with van der Waals surface area (Å²) in [5.74, 6) is -4.52. The highest BCUT2D eigenvalue weighted by molar-refractivity contribution is 5.98. The van der Waals surface area contributed by atoms with Gasteiger partial charge in [0.25, 0.3) is 0 Å². The minimum Gasteiger partial charge on any atom is -0.294 e. The van der Waals surface area contributed by atoms with Gasteiger partial charge in [-0.1, -0.05) is 6.07 Å². The number of ketones is 1. The monoisotopic (exact) mass is 268 g/mol. The van der Waals surface area contributed by atoms with Gasteiger partial charge >= 0.3 is 0 Å². The first-order chi connectivity index (χ1) is 8.99. The van der Waals surface area contributed by atoms with E-state index in [9.17, 15) is 22.4 Å². The first kappa shape index (κ1) is 13.3. The summed E-state index contributed by atoms with van der Waals surface area (Å²) in [6.45, 7) is 0. The Bertz CT molecular complexity index is 617. The Morgan fingerprint density at radius 2 is 1.53 bits per heavy atom. The molecule has 0 spiro atoms. The highest BCUT2D eigenvalue weighted by Crippen LogP contribution is 2.17. The Balaban J connectivity index is 2.34. The Morgan fingerprint density at radius 3 is 2.16 bits per heavy atom. The zero-order chi connectivity index (χ0) is 14.0. The molecule has 0 fully saturated rings. The molecule has 0 saturated heterocycles. The van der Waals surface area contributed by atoms with Crippen LogP contribution in [0.15, 0.2) is 36.4 Å². The number of halogens is 4. The molecule has 0 aliphatic heterocycles. The minimum absolute atomic E-state index is 0.243. The lowest BCUT2D eigenvalue weighted by Crippen LogP contribution is -2.10. The van der Waals surface area contributed by atoms with Gasteiger partial charge in [0.15, 0.2) is 5.78 Å². The van der Waals surface area contributed by atoms with Crippen molar-refractivity contribution in [2.24, 2.45) is 0 Å². The van der Waals surface area contributed by atoms with Crippen LogP contribution >= 0.6 is 0 Å². The zero-order valence-electron chi connectivity index (χ0n) is 9.59. The van der Waals surface area contributed by atoms with E-state index in [4.69, 9.17) is 0 Å². The highest BCUT2D eigenvalue weighted by atomic mass is 19.1. The van der Waals surface area contributed by atoms with E-state index in [1.54, 1.807) is 0 Å². The third-order valence-electron chi connectivity index (χ3n) is 2.60. The second-order valence-corrected chi connectivity index (χ2v) is 3.93. The van der Waals surface area contributed by atoms with Gasteiger partial charge in [-0.25, -0.2) is 17.6 Å². The van der Waals surface area contributed by atoms with Crippen molar-refractivity contribution >= 4 is 5.78 Å². The average molecular weight is 268 g/mol. The zero-order valence-corrected chi connectivity index (χ0v) is 9.59. The molecule has 2 rings (SSSR count). The molecule has 0 unspecified atom stereocenters. The first-order valence-electron chi connectivity index (χ1n) is 5.40. The standard InChI is InChI=1S/C14H8F4O/c15-9-4-5-10(16)8(6-9)7-13(19)14-11(17)2-1-3-12(14)18/h1-6H,7H2. The molecule has 0 atom stereocenters. The van der Waals surface area contributed by atoms with Gasteiger partial charge in [-0.2, -0.15) is 0 Å². The van der Waals surface area contributed by atoms with Gasteiger partial charge in [0.05, 0.1) is 5.56 Å². The van der Waals surface area contributed by atoms with Crippen molar-refractivity contribution in [3.8, 4) is 0 Å². The third-order valence-corrected chi connectivity index (χ3v) is 2.60. The fourth-order valence-corrected chi connectivity index (χ4v) is 1.70. The van der Waals surface area contributed by atoms with Crippen molar-refractivity contribution in [1.82, 2.24) is 0 Å². The summed E-state index contributed by atoms with van der Waals surface area (Å²) in [5.41, 5.74) is -0.987. The van der Waals surface area contributed by atoms with Gasteiger partial charge in [0.2, 0.25) is 0 Å². The van der Waals surface area contributed by atoms with E-state index in [-0.39, 0.29) is 5.56 Å². The molecule has 0 radical (unpaired) electrons. The maximum Gasteiger partial charge on any atom is 0.173 e. The molecule has 1 nitrogen and oxygen atoms in total. The van der Waals surface area contributed by atoms with Crippen LogP contribution in [0.3, 0.4) is 0 Å². The van der Waals surface area contributed by atoms with Crippen molar-refractivity contribution < 1.29 is 22.4 Å². The number of carbonyl (C=O) groups is 1. The van der Waals surface area contributed by atoms with Crippen LogP contribution in [0.1, 0.15) is 15.9 Å². The van der Waals surface area contributed by atoms with E-state index < -0.39 is 41.0 Å². The number of hydrogen-bond donors (Lipinski definition) is 0. The molecular formula is C14H8F4O. The lowest BCUT2D eigenvalue weighted by molar-refractivity contribution is 0.0983. The van der Waals surface area contributed by atoms with Crippen molar-refractivity contribution in [2.45, 2.75) is 6.42 Å². The molecule has 0 bridgehead atoms. The van der Waals surface area contributed by atoms with Gasteiger partial charge in [0, 0.05) is 6.42 Å². The maximum atomic E-state index is 13.4. The quantitative estimate of drug-likeness (QED) is 0.613. The summed E-state index contributed by atoms with van der Waals surface area (Å²) >= 11 is 0. The Hall–Kier alpha value is -2.17. The highest BCUT2D eigenvalue weighted by Gasteiger charge is 2.18. The number of hydrogen-bond acceptors (Lipinski definition) is 1. The molecule has 2 aromatic carbocycles. The predicted molar refractivity (Wildman–Crippen MR) is 60.8 cm³/mol. The number of rotatable bonds is 3. The van der Waals surface area contributed by atoms with E-state index in [1.807, 2.05) is 0 Å². The molecular weight excluding hydrogens is 260 g/mol. The molecule has 98 valence electrons. The van der Waals surface area contributed by atoms with E-state index in [1.165, 1.54) is 0 Å². The molecule has 0 aliphatic carbocycles. The summed E-state index contributed by atoms with van der Waals surface area (Å²) in [6, 6.07) is 5.55. The molecule has 0 heterocycles. The number of benzene rings is 2. The maximum absolute atomic E-state index is 13.4. The van der Waals surface area contributed by atoms with Gasteiger partial charge in [-0.15, -0.1) is 0 Å². The molecule has 0 aliphatic rings. The van der Waals surface area contributed by atoms with Crippen molar-refractivity contribution in [2.75, 3.05) is 0 Å². The summed E-state index contributed by atoms with van der Waals surface area (Å²) in [7, 11) is 0. The average Bonchev–Trinajstić information content (AvgIpc) is 2.33. The Kier molecular flexibility index (Phi) is 3.64. The fourth-order valence-electron chi connectivity index (χ4n) is 1.70. The van der Waals surface area contributed by atoms with Crippen molar-refractivity contribution in [3.63, 3.8) is 0 Å². The number of Topliss-reactive ketones (excluding diaryl/α,β-unsaturated/α-hetero) is 1. The van der Waals surface area contributed by atoms with Crippen LogP contribution in [0.2, 0.25) is 0 Å². The van der Waals surface area contributed by atoms with E-state index in [0.717, 1.165) is 36.4 Å². The van der Waals surface area contributed by atoms with E-state index in [2.05, 4.69) is 0 Å². The molecule has 0 saturated carbocycles. The lowest BCUT2D eigenvalue weighted by Gasteiger charge is -2.05. The largest absolute Gasteiger partial charge is 0.294 e. The van der Waals surface area contributed by atoms with Crippen LogP contribution in [0.5, 0.6) is 0 Å². The van der Waals surface area contributed by atoms with Gasteiger partial charge in [-0.05, 0) is 35.9 Å². The lowest BCUT2D eigenvalue weighted by atomic mass is 10.0. The summed E-state index contributed by atoms with van der Waals surface area (Å²) in [6.07, 6.45) is -0.610. The first-order valence-corrected chi connectivity index (χ1v) is 5.40. The van der Waals surface area contributed by atoms with Gasteiger partial charge in [0.1, 0.15) is 23.3 Å². The Morgan fingerprint density at radius 1 is 0.895 bits per heavy atom. The normalized spacial score (nSPS) is 10.5.